The highest BCUT2D eigenvalue weighted by Gasteiger charge is 2.31. The van der Waals surface area contributed by atoms with Gasteiger partial charge in [-0.25, -0.2) is 0 Å². The summed E-state index contributed by atoms with van der Waals surface area (Å²) in [4.78, 5) is 37.2. The summed E-state index contributed by atoms with van der Waals surface area (Å²) in [7, 11) is 0. The molecule has 0 aliphatic heterocycles. The molecule has 0 heterocycles. The van der Waals surface area contributed by atoms with Crippen LogP contribution in [0, 0.1) is 25.2 Å². The molecule has 1 atom stereocenters. The van der Waals surface area contributed by atoms with Gasteiger partial charge < -0.3 is 15.4 Å². The SMILES string of the molecule is Cc1ccc(OCCCC(=O)Nc2ccc(Cl)c(NC(=O)C(C)C(=O)C(C)(C)C)c2)c(C)c1. The van der Waals surface area contributed by atoms with Gasteiger partial charge in [-0.05, 0) is 57.0 Å². The zero-order valence-corrected chi connectivity index (χ0v) is 20.9. The molecule has 0 spiro atoms. The summed E-state index contributed by atoms with van der Waals surface area (Å²) in [6, 6.07) is 10.8. The highest BCUT2D eigenvalue weighted by Crippen LogP contribution is 2.27. The number of ether oxygens (including phenoxy) is 1. The molecule has 2 aromatic rings. The van der Waals surface area contributed by atoms with Crippen LogP contribution in [-0.2, 0) is 14.4 Å². The van der Waals surface area contributed by atoms with Crippen molar-refractivity contribution in [2.45, 2.75) is 54.4 Å². The van der Waals surface area contributed by atoms with E-state index in [0.717, 1.165) is 11.3 Å². The summed E-state index contributed by atoms with van der Waals surface area (Å²) in [6.45, 7) is 11.3. The molecule has 6 nitrogen and oxygen atoms in total. The maximum Gasteiger partial charge on any atom is 0.234 e. The Morgan fingerprint density at radius 3 is 2.36 bits per heavy atom. The first-order valence-electron chi connectivity index (χ1n) is 11.0. The van der Waals surface area contributed by atoms with Crippen LogP contribution in [0.2, 0.25) is 5.02 Å². The molecule has 0 aliphatic carbocycles. The van der Waals surface area contributed by atoms with Crippen molar-refractivity contribution in [3.63, 3.8) is 0 Å². The molecule has 33 heavy (non-hydrogen) atoms. The van der Waals surface area contributed by atoms with Gasteiger partial charge in [0.25, 0.3) is 0 Å². The third-order valence-corrected chi connectivity index (χ3v) is 5.50. The van der Waals surface area contributed by atoms with E-state index in [4.69, 9.17) is 16.3 Å². The zero-order valence-electron chi connectivity index (χ0n) is 20.2. The van der Waals surface area contributed by atoms with E-state index in [-0.39, 0.29) is 18.1 Å². The van der Waals surface area contributed by atoms with Crippen LogP contribution in [0.3, 0.4) is 0 Å². The lowest BCUT2D eigenvalue weighted by Crippen LogP contribution is -2.34. The second-order valence-corrected chi connectivity index (χ2v) is 9.70. The number of carbonyl (C=O) groups is 3. The normalized spacial score (nSPS) is 12.1. The van der Waals surface area contributed by atoms with E-state index >= 15 is 0 Å². The van der Waals surface area contributed by atoms with Gasteiger partial charge in [-0.1, -0.05) is 50.1 Å². The molecule has 2 rings (SSSR count). The number of aryl methyl sites for hydroxylation is 2. The van der Waals surface area contributed by atoms with Gasteiger partial charge in [0, 0.05) is 17.5 Å². The molecule has 0 aliphatic rings. The van der Waals surface area contributed by atoms with Crippen molar-refractivity contribution < 1.29 is 19.1 Å². The number of rotatable bonds is 9. The summed E-state index contributed by atoms with van der Waals surface area (Å²) in [5, 5.41) is 5.82. The molecule has 2 aromatic carbocycles. The van der Waals surface area contributed by atoms with Crippen LogP contribution in [0.25, 0.3) is 0 Å². The van der Waals surface area contributed by atoms with Gasteiger partial charge in [0.15, 0.2) is 0 Å². The van der Waals surface area contributed by atoms with E-state index < -0.39 is 17.2 Å². The van der Waals surface area contributed by atoms with Crippen molar-refractivity contribution in [2.24, 2.45) is 11.3 Å². The number of Topliss-reactive ketones (excluding diaryl/α,β-unsaturated/α-hetero) is 1. The summed E-state index contributed by atoms with van der Waals surface area (Å²) >= 11 is 6.21. The van der Waals surface area contributed by atoms with E-state index in [2.05, 4.69) is 16.7 Å². The standard InChI is InChI=1S/C26H33ClN2O4/c1-16-9-12-22(17(2)14-16)33-13-7-8-23(30)28-19-10-11-20(27)21(15-19)29-25(32)18(3)24(31)26(4,5)6/h9-12,14-15,18H,7-8,13H2,1-6H3,(H,28,30)(H,29,32). The van der Waals surface area contributed by atoms with Gasteiger partial charge in [0.2, 0.25) is 11.8 Å². The quantitative estimate of drug-likeness (QED) is 0.349. The summed E-state index contributed by atoms with van der Waals surface area (Å²) in [5.41, 5.74) is 2.45. The first-order chi connectivity index (χ1) is 15.4. The monoisotopic (exact) mass is 472 g/mol. The third-order valence-electron chi connectivity index (χ3n) is 5.17. The predicted molar refractivity (Wildman–Crippen MR) is 133 cm³/mol. The number of anilines is 2. The fourth-order valence-electron chi connectivity index (χ4n) is 3.31. The Labute approximate surface area is 201 Å². The first kappa shape index (κ1) is 26.4. The van der Waals surface area contributed by atoms with Gasteiger partial charge in [-0.2, -0.15) is 0 Å². The van der Waals surface area contributed by atoms with Gasteiger partial charge in [-0.3, -0.25) is 14.4 Å². The fraction of sp³-hybridized carbons (Fsp3) is 0.423. The molecule has 7 heteroatoms. The van der Waals surface area contributed by atoms with E-state index in [1.807, 2.05) is 26.0 Å². The van der Waals surface area contributed by atoms with E-state index in [1.165, 1.54) is 5.56 Å². The number of carbonyl (C=O) groups excluding carboxylic acids is 3. The van der Waals surface area contributed by atoms with Gasteiger partial charge in [0.05, 0.1) is 23.2 Å². The van der Waals surface area contributed by atoms with Gasteiger partial charge in [-0.15, -0.1) is 0 Å². The molecule has 0 saturated heterocycles. The number of halogens is 1. The number of hydrogen-bond donors (Lipinski definition) is 2. The Kier molecular flexibility index (Phi) is 9.06. The predicted octanol–water partition coefficient (Wildman–Crippen LogP) is 5.94. The minimum absolute atomic E-state index is 0.163. The second kappa shape index (κ2) is 11.3. The van der Waals surface area contributed by atoms with Crippen LogP contribution in [0.15, 0.2) is 36.4 Å². The third kappa shape index (κ3) is 7.90. The largest absolute Gasteiger partial charge is 0.493 e. The molecular formula is C26H33ClN2O4. The minimum atomic E-state index is -0.823. The van der Waals surface area contributed by atoms with Crippen LogP contribution < -0.4 is 15.4 Å². The van der Waals surface area contributed by atoms with Crippen LogP contribution in [0.1, 0.15) is 51.7 Å². The molecule has 178 valence electrons. The van der Waals surface area contributed by atoms with Crippen molar-refractivity contribution in [3.8, 4) is 5.75 Å². The van der Waals surface area contributed by atoms with Crippen LogP contribution >= 0.6 is 11.6 Å². The lowest BCUT2D eigenvalue weighted by molar-refractivity contribution is -0.135. The Morgan fingerprint density at radius 1 is 1.03 bits per heavy atom. The lowest BCUT2D eigenvalue weighted by atomic mass is 9.83. The lowest BCUT2D eigenvalue weighted by Gasteiger charge is -2.21. The van der Waals surface area contributed by atoms with Crippen molar-refractivity contribution in [1.29, 1.82) is 0 Å². The molecular weight excluding hydrogens is 440 g/mol. The highest BCUT2D eigenvalue weighted by atomic mass is 35.5. The van der Waals surface area contributed by atoms with Crippen LogP contribution in [-0.4, -0.2) is 24.2 Å². The maximum absolute atomic E-state index is 12.5. The number of amides is 2. The van der Waals surface area contributed by atoms with Crippen molar-refractivity contribution in [2.75, 3.05) is 17.2 Å². The van der Waals surface area contributed by atoms with Gasteiger partial charge >= 0.3 is 0 Å². The Bertz CT molecular complexity index is 1030. The fourth-order valence-corrected chi connectivity index (χ4v) is 3.47. The first-order valence-corrected chi connectivity index (χ1v) is 11.4. The summed E-state index contributed by atoms with van der Waals surface area (Å²) in [5.74, 6) is -0.780. The molecule has 0 radical (unpaired) electrons. The molecule has 1 unspecified atom stereocenters. The Hall–Kier alpha value is -2.86. The molecule has 0 aromatic heterocycles. The van der Waals surface area contributed by atoms with E-state index in [9.17, 15) is 14.4 Å². The minimum Gasteiger partial charge on any atom is -0.493 e. The number of nitrogens with one attached hydrogen (secondary N) is 2. The number of benzene rings is 2. The number of ketones is 1. The van der Waals surface area contributed by atoms with Gasteiger partial charge in [0.1, 0.15) is 11.5 Å². The topological polar surface area (TPSA) is 84.5 Å². The van der Waals surface area contributed by atoms with Crippen LogP contribution in [0.5, 0.6) is 5.75 Å². The average Bonchev–Trinajstić information content (AvgIpc) is 2.73. The molecule has 0 bridgehead atoms. The molecule has 2 amide bonds. The van der Waals surface area contributed by atoms with E-state index in [1.54, 1.807) is 45.9 Å². The summed E-state index contributed by atoms with van der Waals surface area (Å²) in [6.07, 6.45) is 0.842. The Balaban J connectivity index is 1.89. The zero-order chi connectivity index (χ0) is 24.8. The van der Waals surface area contributed by atoms with Crippen molar-refractivity contribution in [3.05, 3.63) is 52.5 Å². The number of hydrogen-bond acceptors (Lipinski definition) is 4. The molecule has 2 N–H and O–H groups in total. The average molecular weight is 473 g/mol. The van der Waals surface area contributed by atoms with Crippen molar-refractivity contribution >= 4 is 40.6 Å². The van der Waals surface area contributed by atoms with Crippen LogP contribution in [0.4, 0.5) is 11.4 Å². The highest BCUT2D eigenvalue weighted by molar-refractivity contribution is 6.34. The van der Waals surface area contributed by atoms with Crippen molar-refractivity contribution in [1.82, 2.24) is 0 Å². The molecule has 0 saturated carbocycles. The maximum atomic E-state index is 12.5. The summed E-state index contributed by atoms with van der Waals surface area (Å²) < 4.78 is 5.76. The molecule has 0 fully saturated rings. The Morgan fingerprint density at radius 2 is 1.73 bits per heavy atom. The second-order valence-electron chi connectivity index (χ2n) is 9.29. The van der Waals surface area contributed by atoms with E-state index in [0.29, 0.717) is 29.4 Å². The smallest absolute Gasteiger partial charge is 0.234 e.